The van der Waals surface area contributed by atoms with Gasteiger partial charge in [-0.25, -0.2) is 8.78 Å². The van der Waals surface area contributed by atoms with E-state index in [4.69, 9.17) is 0 Å². The van der Waals surface area contributed by atoms with E-state index in [1.165, 1.54) is 0 Å². The first kappa shape index (κ1) is 13.7. The summed E-state index contributed by atoms with van der Waals surface area (Å²) in [5, 5.41) is 2.34. The van der Waals surface area contributed by atoms with Gasteiger partial charge >= 0.3 is 12.3 Å². The van der Waals surface area contributed by atoms with Crippen molar-refractivity contribution in [2.45, 2.75) is 45.0 Å². The second-order valence-corrected chi connectivity index (χ2v) is 3.30. The summed E-state index contributed by atoms with van der Waals surface area (Å²) in [4.78, 5) is 0. The van der Waals surface area contributed by atoms with Gasteiger partial charge in [0.05, 0.1) is 6.54 Å². The van der Waals surface area contributed by atoms with Crippen molar-refractivity contribution in [3.05, 3.63) is 0 Å². The molecule has 0 aliphatic rings. The number of unbranched alkanes of at least 4 members (excludes halogenated alkanes) is 3. The Morgan fingerprint density at radius 2 is 1.79 bits per heavy atom. The van der Waals surface area contributed by atoms with Crippen LogP contribution in [0.15, 0.2) is 0 Å². The summed E-state index contributed by atoms with van der Waals surface area (Å²) in [6, 6.07) is 0. The Balaban J connectivity index is 3.35. The number of alkyl halides is 4. The fourth-order valence-corrected chi connectivity index (χ4v) is 1.01. The largest absolute Gasteiger partial charge is 0.319 e. The summed E-state index contributed by atoms with van der Waals surface area (Å²) in [7, 11) is 0. The topological polar surface area (TPSA) is 12.0 Å². The highest BCUT2D eigenvalue weighted by atomic mass is 19.3. The van der Waals surface area contributed by atoms with Crippen molar-refractivity contribution in [1.82, 2.24) is 5.32 Å². The van der Waals surface area contributed by atoms with Crippen molar-refractivity contribution in [1.29, 1.82) is 0 Å². The van der Waals surface area contributed by atoms with Crippen LogP contribution in [0.4, 0.5) is 17.6 Å². The van der Waals surface area contributed by atoms with E-state index in [2.05, 4.69) is 5.32 Å². The quantitative estimate of drug-likeness (QED) is 0.484. The summed E-state index contributed by atoms with van der Waals surface area (Å²) in [5.41, 5.74) is 0. The molecule has 0 aromatic rings. The SMILES string of the molecule is CCCCCCNCC(F)(F)C(F)F. The van der Waals surface area contributed by atoms with Crippen LogP contribution < -0.4 is 5.32 Å². The van der Waals surface area contributed by atoms with E-state index < -0.39 is 18.9 Å². The molecule has 0 rings (SSSR count). The molecule has 0 aliphatic carbocycles. The normalized spacial score (nSPS) is 12.4. The Labute approximate surface area is 81.9 Å². The van der Waals surface area contributed by atoms with Gasteiger partial charge in [0.25, 0.3) is 0 Å². The van der Waals surface area contributed by atoms with Gasteiger partial charge in [0.2, 0.25) is 0 Å². The molecule has 0 aliphatic heterocycles. The second kappa shape index (κ2) is 7.04. The van der Waals surface area contributed by atoms with Crippen molar-refractivity contribution in [3.8, 4) is 0 Å². The molecule has 0 heterocycles. The molecule has 86 valence electrons. The van der Waals surface area contributed by atoms with E-state index in [0.29, 0.717) is 6.54 Å². The fraction of sp³-hybridized carbons (Fsp3) is 1.00. The molecular weight excluding hydrogens is 198 g/mol. The van der Waals surface area contributed by atoms with Crippen molar-refractivity contribution in [3.63, 3.8) is 0 Å². The summed E-state index contributed by atoms with van der Waals surface area (Å²) < 4.78 is 47.9. The number of rotatable bonds is 8. The lowest BCUT2D eigenvalue weighted by atomic mass is 10.2. The first-order valence-electron chi connectivity index (χ1n) is 4.87. The van der Waals surface area contributed by atoms with Crippen LogP contribution in [0.2, 0.25) is 0 Å². The van der Waals surface area contributed by atoms with E-state index >= 15 is 0 Å². The van der Waals surface area contributed by atoms with Crippen molar-refractivity contribution in [2.24, 2.45) is 0 Å². The second-order valence-electron chi connectivity index (χ2n) is 3.30. The van der Waals surface area contributed by atoms with Gasteiger partial charge in [0.15, 0.2) is 0 Å². The molecule has 0 fully saturated rings. The minimum atomic E-state index is -3.90. The van der Waals surface area contributed by atoms with Crippen LogP contribution >= 0.6 is 0 Å². The van der Waals surface area contributed by atoms with Gasteiger partial charge in [-0.15, -0.1) is 0 Å². The molecule has 0 saturated heterocycles. The number of hydrogen-bond acceptors (Lipinski definition) is 1. The Morgan fingerprint density at radius 1 is 1.14 bits per heavy atom. The maximum Gasteiger partial charge on any atom is 0.319 e. The predicted octanol–water partition coefficient (Wildman–Crippen LogP) is 3.06. The van der Waals surface area contributed by atoms with Gasteiger partial charge in [-0.1, -0.05) is 26.2 Å². The highest BCUT2D eigenvalue weighted by Crippen LogP contribution is 2.21. The molecule has 0 saturated carbocycles. The first-order chi connectivity index (χ1) is 6.50. The average molecular weight is 215 g/mol. The predicted molar refractivity (Wildman–Crippen MR) is 48.0 cm³/mol. The molecule has 14 heavy (non-hydrogen) atoms. The van der Waals surface area contributed by atoms with Crippen LogP contribution in [0, 0.1) is 0 Å². The number of nitrogens with one attached hydrogen (secondary N) is 1. The molecule has 0 spiro atoms. The molecule has 1 N–H and O–H groups in total. The van der Waals surface area contributed by atoms with Gasteiger partial charge in [-0.05, 0) is 13.0 Å². The van der Waals surface area contributed by atoms with Crippen molar-refractivity contribution >= 4 is 0 Å². The van der Waals surface area contributed by atoms with E-state index in [9.17, 15) is 17.6 Å². The lowest BCUT2D eigenvalue weighted by molar-refractivity contribution is -0.125. The summed E-state index contributed by atoms with van der Waals surface area (Å²) in [5.74, 6) is -3.90. The molecule has 0 bridgehead atoms. The monoisotopic (exact) mass is 215 g/mol. The molecule has 0 amide bonds. The fourth-order valence-electron chi connectivity index (χ4n) is 1.01. The van der Waals surface area contributed by atoms with Gasteiger partial charge in [-0.3, -0.25) is 0 Å². The van der Waals surface area contributed by atoms with Crippen molar-refractivity contribution in [2.75, 3.05) is 13.1 Å². The Kier molecular flexibility index (Phi) is 6.87. The molecule has 0 unspecified atom stereocenters. The van der Waals surface area contributed by atoms with E-state index in [1.54, 1.807) is 0 Å². The van der Waals surface area contributed by atoms with Gasteiger partial charge < -0.3 is 5.32 Å². The van der Waals surface area contributed by atoms with E-state index in [-0.39, 0.29) is 0 Å². The summed E-state index contributed by atoms with van der Waals surface area (Å²) >= 11 is 0. The zero-order chi connectivity index (χ0) is 11.0. The lowest BCUT2D eigenvalue weighted by Gasteiger charge is -2.15. The van der Waals surface area contributed by atoms with Crippen LogP contribution in [0.1, 0.15) is 32.6 Å². The van der Waals surface area contributed by atoms with Crippen LogP contribution in [0.25, 0.3) is 0 Å². The van der Waals surface area contributed by atoms with Crippen molar-refractivity contribution < 1.29 is 17.6 Å². The highest BCUT2D eigenvalue weighted by molar-refractivity contribution is 4.71. The molecule has 0 atom stereocenters. The lowest BCUT2D eigenvalue weighted by Crippen LogP contribution is -2.39. The summed E-state index contributed by atoms with van der Waals surface area (Å²) in [6.07, 6.45) is 0.238. The van der Waals surface area contributed by atoms with Crippen LogP contribution in [0.5, 0.6) is 0 Å². The third-order valence-electron chi connectivity index (χ3n) is 1.89. The van der Waals surface area contributed by atoms with Crippen LogP contribution in [0.3, 0.4) is 0 Å². The maximum absolute atomic E-state index is 12.3. The number of hydrogen-bond donors (Lipinski definition) is 1. The summed E-state index contributed by atoms with van der Waals surface area (Å²) in [6.45, 7) is 1.48. The highest BCUT2D eigenvalue weighted by Gasteiger charge is 2.39. The van der Waals surface area contributed by atoms with E-state index in [0.717, 1.165) is 25.7 Å². The van der Waals surface area contributed by atoms with Gasteiger partial charge in [0, 0.05) is 0 Å². The zero-order valence-corrected chi connectivity index (χ0v) is 8.33. The minimum absolute atomic E-state index is 0.377. The maximum atomic E-state index is 12.3. The average Bonchev–Trinajstić information content (AvgIpc) is 2.10. The smallest absolute Gasteiger partial charge is 0.311 e. The van der Waals surface area contributed by atoms with Gasteiger partial charge in [-0.2, -0.15) is 8.78 Å². The van der Waals surface area contributed by atoms with Crippen LogP contribution in [-0.4, -0.2) is 25.4 Å². The number of halogens is 4. The molecular formula is C9H17F4N. The molecule has 5 heteroatoms. The molecule has 0 aromatic carbocycles. The zero-order valence-electron chi connectivity index (χ0n) is 8.33. The Bertz CT molecular complexity index is 139. The van der Waals surface area contributed by atoms with E-state index in [1.807, 2.05) is 6.92 Å². The molecule has 0 aromatic heterocycles. The minimum Gasteiger partial charge on any atom is -0.311 e. The first-order valence-corrected chi connectivity index (χ1v) is 4.87. The molecule has 1 nitrogen and oxygen atoms in total. The standard InChI is InChI=1S/C9H17F4N/c1-2-3-4-5-6-14-7-9(12,13)8(10)11/h8,14H,2-7H2,1H3. The van der Waals surface area contributed by atoms with Crippen LogP contribution in [-0.2, 0) is 0 Å². The molecule has 0 radical (unpaired) electrons. The Hall–Kier alpha value is -0.320. The third kappa shape index (κ3) is 6.18. The third-order valence-corrected chi connectivity index (χ3v) is 1.89. The Morgan fingerprint density at radius 3 is 2.29 bits per heavy atom. The van der Waals surface area contributed by atoms with Gasteiger partial charge in [0.1, 0.15) is 0 Å².